The summed E-state index contributed by atoms with van der Waals surface area (Å²) in [5.41, 5.74) is 3.81. The Balaban J connectivity index is 1.78. The van der Waals surface area contributed by atoms with E-state index >= 15 is 0 Å². The maximum absolute atomic E-state index is 12.0. The second-order valence-electron chi connectivity index (χ2n) is 6.28. The summed E-state index contributed by atoms with van der Waals surface area (Å²) in [6.07, 6.45) is 5.44. The molecule has 124 valence electrons. The Bertz CT molecular complexity index is 978. The first-order valence-electron chi connectivity index (χ1n) is 8.35. The van der Waals surface area contributed by atoms with Crippen LogP contribution in [0.25, 0.3) is 11.0 Å². The highest BCUT2D eigenvalue weighted by molar-refractivity contribution is 7.71. The molecule has 3 aromatic rings. The van der Waals surface area contributed by atoms with E-state index in [1.807, 2.05) is 10.6 Å². The van der Waals surface area contributed by atoms with Crippen molar-refractivity contribution in [1.82, 2.24) is 19.9 Å². The van der Waals surface area contributed by atoms with Crippen LogP contribution >= 0.6 is 12.2 Å². The first kappa shape index (κ1) is 15.4. The third kappa shape index (κ3) is 2.72. The van der Waals surface area contributed by atoms with Crippen LogP contribution < -0.4 is 10.9 Å². The van der Waals surface area contributed by atoms with Crippen LogP contribution in [0, 0.1) is 4.77 Å². The number of fused-ring (bicyclic) bond motifs is 1. The van der Waals surface area contributed by atoms with Gasteiger partial charge in [0, 0.05) is 12.2 Å². The molecule has 1 aliphatic heterocycles. The predicted octanol–water partition coefficient (Wildman–Crippen LogP) is 3.25. The molecule has 1 fully saturated rings. The van der Waals surface area contributed by atoms with Gasteiger partial charge in [0.05, 0.1) is 12.1 Å². The highest BCUT2D eigenvalue weighted by Gasteiger charge is 2.18. The zero-order chi connectivity index (χ0) is 16.5. The lowest BCUT2D eigenvalue weighted by atomic mass is 9.93. The van der Waals surface area contributed by atoms with E-state index in [4.69, 9.17) is 12.2 Å². The maximum Gasteiger partial charge on any atom is 0.276 e. The highest BCUT2D eigenvalue weighted by Crippen LogP contribution is 2.26. The smallest absolute Gasteiger partial charge is 0.276 e. The number of benzene rings is 1. The van der Waals surface area contributed by atoms with Crippen molar-refractivity contribution in [2.45, 2.75) is 31.8 Å². The minimum Gasteiger partial charge on any atom is -0.355 e. The van der Waals surface area contributed by atoms with Gasteiger partial charge in [0.15, 0.2) is 4.77 Å². The van der Waals surface area contributed by atoms with E-state index in [0.29, 0.717) is 22.9 Å². The van der Waals surface area contributed by atoms with Crippen molar-refractivity contribution in [3.8, 4) is 0 Å². The quantitative estimate of drug-likeness (QED) is 0.641. The normalized spacial score (nSPS) is 18.1. The van der Waals surface area contributed by atoms with Crippen molar-refractivity contribution in [1.29, 1.82) is 0 Å². The van der Waals surface area contributed by atoms with Crippen LogP contribution in [0.2, 0.25) is 0 Å². The number of hydrogen-bond donors (Lipinski definition) is 3. The van der Waals surface area contributed by atoms with Crippen molar-refractivity contribution >= 4 is 23.3 Å². The van der Waals surface area contributed by atoms with E-state index in [1.165, 1.54) is 24.0 Å². The van der Waals surface area contributed by atoms with Crippen molar-refractivity contribution in [3.63, 3.8) is 0 Å². The van der Waals surface area contributed by atoms with Crippen LogP contribution in [0.4, 0.5) is 0 Å². The van der Waals surface area contributed by atoms with Gasteiger partial charge in [-0.05, 0) is 48.8 Å². The van der Waals surface area contributed by atoms with E-state index in [9.17, 15) is 4.79 Å². The Morgan fingerprint density at radius 2 is 2.08 bits per heavy atom. The summed E-state index contributed by atoms with van der Waals surface area (Å²) in [5, 5.41) is 3.62. The molecule has 0 saturated carbocycles. The molecule has 0 amide bonds. The molecule has 24 heavy (non-hydrogen) atoms. The number of nitrogens with zero attached hydrogens (tertiary/aromatic N) is 1. The van der Waals surface area contributed by atoms with Crippen LogP contribution in [-0.2, 0) is 6.54 Å². The van der Waals surface area contributed by atoms with Crippen LogP contribution in [0.3, 0.4) is 0 Å². The molecule has 1 atom stereocenters. The summed E-state index contributed by atoms with van der Waals surface area (Å²) in [5.74, 6) is 0. The number of aromatic amines is 2. The standard InChI is InChI=1S/C18H20N4OS/c23-17-16-15(8-10-20-16)22(18(24)21-17)11-12-5-1-2-6-13(12)14-7-3-4-9-19-14/h1-2,5-6,8,10,14,19-20H,3-4,7,9,11H2,(H,21,23,24)/t14-/m0/s1. The molecule has 3 heterocycles. The third-order valence-electron chi connectivity index (χ3n) is 4.78. The van der Waals surface area contributed by atoms with Crippen LogP contribution in [0.1, 0.15) is 36.4 Å². The molecule has 0 aliphatic carbocycles. The van der Waals surface area contributed by atoms with E-state index in [2.05, 4.69) is 39.6 Å². The summed E-state index contributed by atoms with van der Waals surface area (Å²) < 4.78 is 2.45. The number of H-pyrrole nitrogens is 2. The molecule has 0 bridgehead atoms. The van der Waals surface area contributed by atoms with Crippen LogP contribution in [0.15, 0.2) is 41.3 Å². The summed E-state index contributed by atoms with van der Waals surface area (Å²) in [6.45, 7) is 1.72. The molecule has 1 aliphatic rings. The second kappa shape index (κ2) is 6.37. The first-order chi connectivity index (χ1) is 11.7. The first-order valence-corrected chi connectivity index (χ1v) is 8.76. The van der Waals surface area contributed by atoms with Crippen LogP contribution in [-0.4, -0.2) is 21.1 Å². The number of hydrogen-bond acceptors (Lipinski definition) is 3. The lowest BCUT2D eigenvalue weighted by Crippen LogP contribution is -2.28. The summed E-state index contributed by atoms with van der Waals surface area (Å²) in [7, 11) is 0. The van der Waals surface area contributed by atoms with Gasteiger partial charge in [-0.3, -0.25) is 9.78 Å². The molecule has 0 spiro atoms. The van der Waals surface area contributed by atoms with Crippen molar-refractivity contribution in [2.24, 2.45) is 0 Å². The lowest BCUT2D eigenvalue weighted by Gasteiger charge is -2.26. The second-order valence-corrected chi connectivity index (χ2v) is 6.67. The number of piperidine rings is 1. The predicted molar refractivity (Wildman–Crippen MR) is 97.9 cm³/mol. The van der Waals surface area contributed by atoms with Crippen molar-refractivity contribution in [3.05, 3.63) is 62.8 Å². The van der Waals surface area contributed by atoms with Gasteiger partial charge in [0.2, 0.25) is 0 Å². The minimum atomic E-state index is -0.168. The molecule has 0 radical (unpaired) electrons. The molecule has 4 rings (SSSR count). The zero-order valence-electron chi connectivity index (χ0n) is 13.3. The highest BCUT2D eigenvalue weighted by atomic mass is 32.1. The molecule has 6 heteroatoms. The fourth-order valence-electron chi connectivity index (χ4n) is 3.57. The third-order valence-corrected chi connectivity index (χ3v) is 5.10. The molecule has 1 aromatic carbocycles. The van der Waals surface area contributed by atoms with Gasteiger partial charge < -0.3 is 14.9 Å². The average Bonchev–Trinajstić information content (AvgIpc) is 3.10. The monoisotopic (exact) mass is 340 g/mol. The summed E-state index contributed by atoms with van der Waals surface area (Å²) in [4.78, 5) is 17.8. The SMILES string of the molecule is O=c1[nH]c(=S)n(Cc2ccccc2[C@@H]2CCCCN2)c2cc[nH]c12. The zero-order valence-corrected chi connectivity index (χ0v) is 14.2. The van der Waals surface area contributed by atoms with Crippen molar-refractivity contribution in [2.75, 3.05) is 6.54 Å². The fourth-order valence-corrected chi connectivity index (χ4v) is 3.82. The molecule has 5 nitrogen and oxygen atoms in total. The Labute approximate surface area is 144 Å². The van der Waals surface area contributed by atoms with Gasteiger partial charge in [-0.1, -0.05) is 30.7 Å². The molecule has 1 saturated heterocycles. The molecule has 3 N–H and O–H groups in total. The van der Waals surface area contributed by atoms with Gasteiger partial charge in [0.25, 0.3) is 5.56 Å². The average molecular weight is 340 g/mol. The van der Waals surface area contributed by atoms with Gasteiger partial charge in [-0.2, -0.15) is 0 Å². The lowest BCUT2D eigenvalue weighted by molar-refractivity contribution is 0.410. The van der Waals surface area contributed by atoms with Gasteiger partial charge in [-0.25, -0.2) is 0 Å². The van der Waals surface area contributed by atoms with Crippen LogP contribution in [0.5, 0.6) is 0 Å². The van der Waals surface area contributed by atoms with E-state index in [-0.39, 0.29) is 5.56 Å². The number of rotatable bonds is 3. The Hall–Kier alpha value is -2.18. The largest absolute Gasteiger partial charge is 0.355 e. The van der Waals surface area contributed by atoms with Crippen molar-refractivity contribution < 1.29 is 0 Å². The van der Waals surface area contributed by atoms with E-state index < -0.39 is 0 Å². The summed E-state index contributed by atoms with van der Waals surface area (Å²) in [6, 6.07) is 10.8. The number of nitrogens with one attached hydrogen (secondary N) is 3. The van der Waals surface area contributed by atoms with Gasteiger partial charge >= 0.3 is 0 Å². The fraction of sp³-hybridized carbons (Fsp3) is 0.333. The van der Waals surface area contributed by atoms with Gasteiger partial charge in [0.1, 0.15) is 5.52 Å². The topological polar surface area (TPSA) is 65.6 Å². The Morgan fingerprint density at radius 1 is 1.21 bits per heavy atom. The Kier molecular flexibility index (Phi) is 4.08. The van der Waals surface area contributed by atoms with E-state index in [0.717, 1.165) is 18.5 Å². The number of aromatic nitrogens is 3. The van der Waals surface area contributed by atoms with E-state index in [1.54, 1.807) is 6.20 Å². The molecule has 2 aromatic heterocycles. The van der Waals surface area contributed by atoms with Gasteiger partial charge in [-0.15, -0.1) is 0 Å². The molecular formula is C18H20N4OS. The molecular weight excluding hydrogens is 320 g/mol. The summed E-state index contributed by atoms with van der Waals surface area (Å²) >= 11 is 5.41. The minimum absolute atomic E-state index is 0.168. The molecule has 0 unspecified atom stereocenters. The maximum atomic E-state index is 12.0. The Morgan fingerprint density at radius 3 is 2.92 bits per heavy atom.